The zero-order valence-electron chi connectivity index (χ0n) is 5.42. The molecule has 1 fully saturated rings. The van der Waals surface area contributed by atoms with Gasteiger partial charge in [-0.25, -0.2) is 4.58 Å². The zero-order chi connectivity index (χ0) is 6.69. The SMILES string of the molecule is C=[N+]1CCN(C=O)CC1. The maximum Gasteiger partial charge on any atom is 0.210 e. The third-order valence-electron chi connectivity index (χ3n) is 1.56. The second-order valence-electron chi connectivity index (χ2n) is 2.26. The summed E-state index contributed by atoms with van der Waals surface area (Å²) in [6.45, 7) is 7.21. The standard InChI is InChI=1S/C6H11N2O/c1-7-2-4-8(6-9)5-3-7/h6H,1-5H2/q+1. The molecule has 0 radical (unpaired) electrons. The summed E-state index contributed by atoms with van der Waals surface area (Å²) in [5.41, 5.74) is 0. The highest BCUT2D eigenvalue weighted by molar-refractivity contribution is 5.46. The second kappa shape index (κ2) is 2.62. The van der Waals surface area contributed by atoms with Crippen LogP contribution in [-0.4, -0.2) is 48.8 Å². The number of piperazine rings is 1. The molecule has 1 aliphatic rings. The van der Waals surface area contributed by atoms with E-state index < -0.39 is 0 Å². The molecule has 3 nitrogen and oxygen atoms in total. The first-order chi connectivity index (χ1) is 4.33. The molecule has 0 aromatic carbocycles. The molecule has 0 unspecified atom stereocenters. The number of amides is 1. The van der Waals surface area contributed by atoms with E-state index in [1.807, 2.05) is 4.58 Å². The van der Waals surface area contributed by atoms with E-state index in [-0.39, 0.29) is 0 Å². The largest absolute Gasteiger partial charge is 0.333 e. The lowest BCUT2D eigenvalue weighted by atomic mass is 10.4. The van der Waals surface area contributed by atoms with E-state index in [2.05, 4.69) is 6.72 Å². The molecule has 0 saturated carbocycles. The molecule has 1 amide bonds. The normalized spacial score (nSPS) is 20.0. The summed E-state index contributed by atoms with van der Waals surface area (Å²) < 4.78 is 1.97. The number of hydrogen-bond donors (Lipinski definition) is 0. The van der Waals surface area contributed by atoms with Crippen LogP contribution in [0.15, 0.2) is 0 Å². The van der Waals surface area contributed by atoms with Crippen LogP contribution in [0.1, 0.15) is 0 Å². The van der Waals surface area contributed by atoms with Gasteiger partial charge in [0, 0.05) is 0 Å². The average molecular weight is 127 g/mol. The van der Waals surface area contributed by atoms with Crippen molar-refractivity contribution in [3.05, 3.63) is 0 Å². The van der Waals surface area contributed by atoms with Gasteiger partial charge in [-0.15, -0.1) is 0 Å². The number of hydrogen-bond acceptors (Lipinski definition) is 1. The third kappa shape index (κ3) is 1.52. The van der Waals surface area contributed by atoms with E-state index in [4.69, 9.17) is 0 Å². The number of rotatable bonds is 1. The quantitative estimate of drug-likeness (QED) is 0.333. The Morgan fingerprint density at radius 1 is 1.44 bits per heavy atom. The Bertz CT molecular complexity index is 123. The van der Waals surface area contributed by atoms with Gasteiger partial charge in [0.25, 0.3) is 0 Å². The molecule has 0 spiro atoms. The fourth-order valence-corrected chi connectivity index (χ4v) is 0.869. The number of carbonyl (C=O) groups is 1. The third-order valence-corrected chi connectivity index (χ3v) is 1.56. The van der Waals surface area contributed by atoms with E-state index in [9.17, 15) is 4.79 Å². The molecule has 0 bridgehead atoms. The van der Waals surface area contributed by atoms with Crippen LogP contribution in [0.4, 0.5) is 0 Å². The minimum atomic E-state index is 0.826. The highest BCUT2D eigenvalue weighted by atomic mass is 16.1. The van der Waals surface area contributed by atoms with Crippen LogP contribution in [0, 0.1) is 0 Å². The van der Waals surface area contributed by atoms with Crippen molar-refractivity contribution in [2.75, 3.05) is 26.2 Å². The van der Waals surface area contributed by atoms with Crippen molar-refractivity contribution in [1.82, 2.24) is 4.90 Å². The Morgan fingerprint density at radius 3 is 2.44 bits per heavy atom. The summed E-state index contributed by atoms with van der Waals surface area (Å²) in [7, 11) is 0. The average Bonchev–Trinajstić information content (AvgIpc) is 1.90. The maximum atomic E-state index is 10.2. The summed E-state index contributed by atoms with van der Waals surface area (Å²) in [4.78, 5) is 11.9. The van der Waals surface area contributed by atoms with Crippen LogP contribution in [0.2, 0.25) is 0 Å². The van der Waals surface area contributed by atoms with E-state index in [1.54, 1.807) is 4.90 Å². The smallest absolute Gasteiger partial charge is 0.210 e. The first kappa shape index (κ1) is 6.26. The molecule has 0 N–H and O–H groups in total. The van der Waals surface area contributed by atoms with Gasteiger partial charge in [0.2, 0.25) is 6.41 Å². The maximum absolute atomic E-state index is 10.2. The second-order valence-corrected chi connectivity index (χ2v) is 2.26. The van der Waals surface area contributed by atoms with Crippen molar-refractivity contribution in [3.8, 4) is 0 Å². The lowest BCUT2D eigenvalue weighted by molar-refractivity contribution is -0.529. The minimum Gasteiger partial charge on any atom is -0.333 e. The lowest BCUT2D eigenvalue weighted by Gasteiger charge is -2.19. The van der Waals surface area contributed by atoms with Crippen LogP contribution in [0.5, 0.6) is 0 Å². The van der Waals surface area contributed by atoms with Gasteiger partial charge in [-0.05, 0) is 0 Å². The first-order valence-corrected chi connectivity index (χ1v) is 3.08. The van der Waals surface area contributed by atoms with Crippen molar-refractivity contribution in [3.63, 3.8) is 0 Å². The molecule has 3 heteroatoms. The molecule has 50 valence electrons. The van der Waals surface area contributed by atoms with Crippen LogP contribution < -0.4 is 0 Å². The number of nitrogens with zero attached hydrogens (tertiary/aromatic N) is 2. The highest BCUT2D eigenvalue weighted by Gasteiger charge is 2.13. The van der Waals surface area contributed by atoms with Crippen molar-refractivity contribution in [2.24, 2.45) is 0 Å². The molecular weight excluding hydrogens is 116 g/mol. The predicted molar refractivity (Wildman–Crippen MR) is 34.8 cm³/mol. The van der Waals surface area contributed by atoms with Crippen molar-refractivity contribution >= 4 is 13.1 Å². The fraction of sp³-hybridized carbons (Fsp3) is 0.667. The molecule has 9 heavy (non-hydrogen) atoms. The van der Waals surface area contributed by atoms with Crippen molar-refractivity contribution in [2.45, 2.75) is 0 Å². The Kier molecular flexibility index (Phi) is 1.82. The van der Waals surface area contributed by atoms with Gasteiger partial charge in [0.05, 0.1) is 13.1 Å². The lowest BCUT2D eigenvalue weighted by Crippen LogP contribution is -2.40. The Labute approximate surface area is 54.6 Å². The van der Waals surface area contributed by atoms with E-state index in [0.29, 0.717) is 0 Å². The van der Waals surface area contributed by atoms with Gasteiger partial charge < -0.3 is 4.90 Å². The van der Waals surface area contributed by atoms with Gasteiger partial charge in [-0.2, -0.15) is 0 Å². The summed E-state index contributed by atoms with van der Waals surface area (Å²) in [5, 5.41) is 0. The highest BCUT2D eigenvalue weighted by Crippen LogP contribution is 1.90. The molecule has 1 heterocycles. The van der Waals surface area contributed by atoms with Gasteiger partial charge in [0.1, 0.15) is 6.72 Å². The summed E-state index contributed by atoms with van der Waals surface area (Å²) in [6.07, 6.45) is 0.896. The topological polar surface area (TPSA) is 23.3 Å². The fourth-order valence-electron chi connectivity index (χ4n) is 0.869. The Hall–Kier alpha value is -0.860. The van der Waals surface area contributed by atoms with Crippen molar-refractivity contribution in [1.29, 1.82) is 0 Å². The molecule has 0 aliphatic carbocycles. The summed E-state index contributed by atoms with van der Waals surface area (Å²) in [5.74, 6) is 0. The first-order valence-electron chi connectivity index (χ1n) is 3.08. The number of carbonyl (C=O) groups excluding carboxylic acids is 1. The molecule has 1 aliphatic heterocycles. The molecule has 1 saturated heterocycles. The van der Waals surface area contributed by atoms with Gasteiger partial charge in [-0.1, -0.05) is 0 Å². The van der Waals surface area contributed by atoms with Crippen LogP contribution >= 0.6 is 0 Å². The van der Waals surface area contributed by atoms with Crippen LogP contribution in [-0.2, 0) is 4.79 Å². The molecule has 0 aromatic rings. The Morgan fingerprint density at radius 2 is 2.00 bits per heavy atom. The zero-order valence-corrected chi connectivity index (χ0v) is 5.42. The van der Waals surface area contributed by atoms with Gasteiger partial charge >= 0.3 is 0 Å². The molecule has 0 aromatic heterocycles. The van der Waals surface area contributed by atoms with E-state index in [1.165, 1.54) is 0 Å². The molecule has 1 rings (SSSR count). The van der Waals surface area contributed by atoms with Gasteiger partial charge in [-0.3, -0.25) is 4.79 Å². The van der Waals surface area contributed by atoms with Crippen LogP contribution in [0.25, 0.3) is 0 Å². The van der Waals surface area contributed by atoms with E-state index in [0.717, 1.165) is 32.6 Å². The minimum absolute atomic E-state index is 0.826. The Balaban J connectivity index is 2.34. The molecule has 0 atom stereocenters. The summed E-state index contributed by atoms with van der Waals surface area (Å²) >= 11 is 0. The summed E-state index contributed by atoms with van der Waals surface area (Å²) in [6, 6.07) is 0. The molecular formula is C6H11N2O+. The van der Waals surface area contributed by atoms with Crippen molar-refractivity contribution < 1.29 is 9.37 Å². The predicted octanol–water partition coefficient (Wildman–Crippen LogP) is -0.828. The van der Waals surface area contributed by atoms with Gasteiger partial charge in [0.15, 0.2) is 13.1 Å². The van der Waals surface area contributed by atoms with E-state index >= 15 is 0 Å². The monoisotopic (exact) mass is 127 g/mol. The van der Waals surface area contributed by atoms with Crippen LogP contribution in [0.3, 0.4) is 0 Å².